The summed E-state index contributed by atoms with van der Waals surface area (Å²) in [6, 6.07) is 8.19. The van der Waals surface area contributed by atoms with E-state index < -0.39 is 15.7 Å². The Labute approximate surface area is 152 Å². The van der Waals surface area contributed by atoms with E-state index >= 15 is 0 Å². The lowest BCUT2D eigenvalue weighted by molar-refractivity contribution is 0.0906. The van der Waals surface area contributed by atoms with Gasteiger partial charge in [-0.05, 0) is 38.1 Å². The van der Waals surface area contributed by atoms with Crippen molar-refractivity contribution in [1.29, 1.82) is 0 Å². The molecule has 9 heteroatoms. The number of likely N-dealkylation sites (tertiary alicyclic amines) is 1. The van der Waals surface area contributed by atoms with Crippen molar-refractivity contribution in [3.05, 3.63) is 42.0 Å². The zero-order valence-corrected chi connectivity index (χ0v) is 15.2. The highest BCUT2D eigenvalue weighted by atomic mass is 32.2. The van der Waals surface area contributed by atoms with Crippen molar-refractivity contribution >= 4 is 15.7 Å². The predicted octanol–water partition coefficient (Wildman–Crippen LogP) is 0.912. The average molecular weight is 378 g/mol. The molecule has 0 saturated carbocycles. The number of aromatic nitrogens is 2. The Morgan fingerprint density at radius 2 is 1.92 bits per heavy atom. The maximum Gasteiger partial charge on any atom is 0.315 e. The van der Waals surface area contributed by atoms with Crippen LogP contribution in [0.5, 0.6) is 0 Å². The lowest BCUT2D eigenvalue weighted by Crippen LogP contribution is -2.33. The summed E-state index contributed by atoms with van der Waals surface area (Å²) >= 11 is 0. The van der Waals surface area contributed by atoms with Gasteiger partial charge in [0, 0.05) is 19.5 Å². The number of nitrogens with zero attached hydrogens (tertiary/aromatic N) is 3. The number of nitrogens with one attached hydrogen (secondary N) is 1. The van der Waals surface area contributed by atoms with Crippen LogP contribution in [0.2, 0.25) is 0 Å². The van der Waals surface area contributed by atoms with E-state index in [9.17, 15) is 13.2 Å². The second kappa shape index (κ2) is 8.41. The monoisotopic (exact) mass is 378 g/mol. The van der Waals surface area contributed by atoms with E-state index in [1.807, 2.05) is 0 Å². The fourth-order valence-electron chi connectivity index (χ4n) is 2.83. The van der Waals surface area contributed by atoms with Crippen molar-refractivity contribution in [3.8, 4) is 0 Å². The van der Waals surface area contributed by atoms with Crippen LogP contribution in [0.1, 0.15) is 29.4 Å². The van der Waals surface area contributed by atoms with Gasteiger partial charge in [0.15, 0.2) is 15.7 Å². The van der Waals surface area contributed by atoms with Gasteiger partial charge in [-0.25, -0.2) is 8.42 Å². The van der Waals surface area contributed by atoms with E-state index in [2.05, 4.69) is 20.4 Å². The molecule has 2 heterocycles. The van der Waals surface area contributed by atoms with Crippen LogP contribution in [0.4, 0.5) is 0 Å². The Morgan fingerprint density at radius 3 is 2.65 bits per heavy atom. The predicted molar refractivity (Wildman–Crippen MR) is 94.5 cm³/mol. The van der Waals surface area contributed by atoms with E-state index in [1.54, 1.807) is 30.3 Å². The molecule has 1 aromatic carbocycles. The number of hydrogen-bond acceptors (Lipinski definition) is 7. The summed E-state index contributed by atoms with van der Waals surface area (Å²) in [6.07, 6.45) is 2.49. The summed E-state index contributed by atoms with van der Waals surface area (Å²) in [5, 5.41) is 6.44. The molecule has 0 bridgehead atoms. The summed E-state index contributed by atoms with van der Waals surface area (Å²) < 4.78 is 29.4. The summed E-state index contributed by atoms with van der Waals surface area (Å²) in [4.78, 5) is 18.5. The van der Waals surface area contributed by atoms with Gasteiger partial charge >= 0.3 is 11.8 Å². The molecule has 1 saturated heterocycles. The van der Waals surface area contributed by atoms with Crippen LogP contribution in [0, 0.1) is 0 Å². The van der Waals surface area contributed by atoms with Crippen LogP contribution < -0.4 is 5.32 Å². The normalized spacial score (nSPS) is 15.2. The van der Waals surface area contributed by atoms with E-state index in [-0.39, 0.29) is 28.8 Å². The summed E-state index contributed by atoms with van der Waals surface area (Å²) in [6.45, 7) is 3.44. The number of aryl methyl sites for hydroxylation is 1. The molecule has 1 amide bonds. The van der Waals surface area contributed by atoms with Crippen LogP contribution in [0.15, 0.2) is 39.8 Å². The molecule has 0 spiro atoms. The first-order chi connectivity index (χ1) is 12.5. The van der Waals surface area contributed by atoms with Gasteiger partial charge in [-0.1, -0.05) is 23.4 Å². The topological polar surface area (TPSA) is 105 Å². The van der Waals surface area contributed by atoms with Crippen LogP contribution in [-0.4, -0.2) is 61.3 Å². The first-order valence-electron chi connectivity index (χ1n) is 8.65. The zero-order valence-electron chi connectivity index (χ0n) is 14.4. The highest BCUT2D eigenvalue weighted by molar-refractivity contribution is 7.91. The van der Waals surface area contributed by atoms with Gasteiger partial charge in [-0.15, -0.1) is 0 Å². The number of sulfone groups is 1. The van der Waals surface area contributed by atoms with Crippen molar-refractivity contribution < 1.29 is 17.7 Å². The van der Waals surface area contributed by atoms with Gasteiger partial charge in [0.1, 0.15) is 0 Å². The molecule has 1 aliphatic rings. The molecule has 0 aliphatic carbocycles. The molecule has 0 unspecified atom stereocenters. The lowest BCUT2D eigenvalue weighted by atomic mass is 10.4. The lowest BCUT2D eigenvalue weighted by Gasteiger charge is -2.13. The van der Waals surface area contributed by atoms with Crippen molar-refractivity contribution in [2.24, 2.45) is 0 Å². The molecule has 1 aromatic heterocycles. The number of carbonyl (C=O) groups is 1. The number of rotatable bonds is 8. The van der Waals surface area contributed by atoms with E-state index in [0.29, 0.717) is 6.54 Å². The first-order valence-corrected chi connectivity index (χ1v) is 10.3. The van der Waals surface area contributed by atoms with Gasteiger partial charge in [0.25, 0.3) is 0 Å². The third kappa shape index (κ3) is 4.89. The Balaban J connectivity index is 1.48. The third-order valence-corrected chi connectivity index (χ3v) is 6.00. The molecule has 1 aliphatic heterocycles. The smallest absolute Gasteiger partial charge is 0.315 e. The summed E-state index contributed by atoms with van der Waals surface area (Å²) in [5.74, 6) is -0.520. The second-order valence-corrected chi connectivity index (χ2v) is 8.31. The van der Waals surface area contributed by atoms with Gasteiger partial charge in [0.2, 0.25) is 0 Å². The molecular formula is C17H22N4O4S. The molecule has 1 N–H and O–H groups in total. The van der Waals surface area contributed by atoms with Crippen molar-refractivity contribution in [2.45, 2.75) is 24.2 Å². The average Bonchev–Trinajstić information content (AvgIpc) is 3.33. The first kappa shape index (κ1) is 18.5. The van der Waals surface area contributed by atoms with E-state index in [4.69, 9.17) is 4.52 Å². The van der Waals surface area contributed by atoms with Gasteiger partial charge in [-0.3, -0.25) is 4.79 Å². The van der Waals surface area contributed by atoms with Gasteiger partial charge in [-0.2, -0.15) is 4.98 Å². The Hall–Kier alpha value is -2.26. The molecule has 2 aromatic rings. The SMILES string of the molecule is O=C(NCCN1CCCC1)c1nc(CCS(=O)(=O)c2ccccc2)no1. The van der Waals surface area contributed by atoms with Crippen LogP contribution in [-0.2, 0) is 16.3 Å². The fraction of sp³-hybridized carbons (Fsp3) is 0.471. The van der Waals surface area contributed by atoms with Crippen LogP contribution in [0.25, 0.3) is 0 Å². The minimum absolute atomic E-state index is 0.0851. The molecule has 3 rings (SSSR count). The number of hydrogen-bond donors (Lipinski definition) is 1. The molecular weight excluding hydrogens is 356 g/mol. The Kier molecular flexibility index (Phi) is 6.00. The van der Waals surface area contributed by atoms with Gasteiger partial charge in [0.05, 0.1) is 10.6 Å². The molecule has 140 valence electrons. The third-order valence-electron chi connectivity index (χ3n) is 4.27. The molecule has 0 atom stereocenters. The molecule has 26 heavy (non-hydrogen) atoms. The highest BCUT2D eigenvalue weighted by Gasteiger charge is 2.19. The van der Waals surface area contributed by atoms with E-state index in [1.165, 1.54) is 12.8 Å². The highest BCUT2D eigenvalue weighted by Crippen LogP contribution is 2.11. The zero-order chi connectivity index (χ0) is 18.4. The minimum Gasteiger partial charge on any atom is -0.347 e. The fourth-order valence-corrected chi connectivity index (χ4v) is 4.09. The minimum atomic E-state index is -3.42. The molecule has 1 fully saturated rings. The standard InChI is InChI=1S/C17H22N4O4S/c22-16(18-9-12-21-10-4-5-11-21)17-19-15(20-25-17)8-13-26(23,24)14-6-2-1-3-7-14/h1-3,6-7H,4-5,8-13H2,(H,18,22). The van der Waals surface area contributed by atoms with Gasteiger partial charge < -0.3 is 14.7 Å². The van der Waals surface area contributed by atoms with Crippen molar-refractivity contribution in [1.82, 2.24) is 20.4 Å². The maximum atomic E-state index is 12.2. The quantitative estimate of drug-likeness (QED) is 0.728. The largest absolute Gasteiger partial charge is 0.347 e. The number of carbonyl (C=O) groups excluding carboxylic acids is 1. The summed E-state index contributed by atoms with van der Waals surface area (Å²) in [7, 11) is -3.42. The van der Waals surface area contributed by atoms with Crippen molar-refractivity contribution in [2.75, 3.05) is 31.9 Å². The Bertz CT molecular complexity index is 829. The number of benzene rings is 1. The summed E-state index contributed by atoms with van der Waals surface area (Å²) in [5.41, 5.74) is 0. The van der Waals surface area contributed by atoms with E-state index in [0.717, 1.165) is 19.6 Å². The number of amides is 1. The second-order valence-electron chi connectivity index (χ2n) is 6.20. The van der Waals surface area contributed by atoms with Crippen molar-refractivity contribution in [3.63, 3.8) is 0 Å². The Morgan fingerprint density at radius 1 is 1.19 bits per heavy atom. The molecule has 8 nitrogen and oxygen atoms in total. The van der Waals surface area contributed by atoms with Crippen LogP contribution in [0.3, 0.4) is 0 Å². The van der Waals surface area contributed by atoms with Crippen LogP contribution >= 0.6 is 0 Å². The molecule has 0 radical (unpaired) electrons. The maximum absolute atomic E-state index is 12.2.